The molecule has 1 amide bonds. The van der Waals surface area contributed by atoms with Crippen molar-refractivity contribution in [3.8, 4) is 0 Å². The van der Waals surface area contributed by atoms with Gasteiger partial charge in [-0.05, 0) is 57.4 Å². The second kappa shape index (κ2) is 6.15. The van der Waals surface area contributed by atoms with Crippen LogP contribution in [0.25, 0.3) is 0 Å². The topological polar surface area (TPSA) is 32.3 Å². The lowest BCUT2D eigenvalue weighted by Crippen LogP contribution is -2.51. The first kappa shape index (κ1) is 14.0. The number of piperidine rings is 1. The fraction of sp³-hybridized carbons (Fsp3) is 0.533. The van der Waals surface area contributed by atoms with E-state index < -0.39 is 0 Å². The van der Waals surface area contributed by atoms with Crippen molar-refractivity contribution >= 4 is 11.6 Å². The van der Waals surface area contributed by atoms with Gasteiger partial charge in [0.25, 0.3) is 0 Å². The van der Waals surface area contributed by atoms with E-state index in [1.165, 1.54) is 12.1 Å². The smallest absolute Gasteiger partial charge is 0.244 e. The van der Waals surface area contributed by atoms with Crippen LogP contribution in [0, 0.1) is 5.82 Å². The summed E-state index contributed by atoms with van der Waals surface area (Å²) < 4.78 is 12.9. The molecule has 19 heavy (non-hydrogen) atoms. The summed E-state index contributed by atoms with van der Waals surface area (Å²) in [5.74, 6) is -0.197. The van der Waals surface area contributed by atoms with Crippen molar-refractivity contribution in [2.24, 2.45) is 0 Å². The number of nitrogens with one attached hydrogen (secondary N) is 1. The molecule has 0 saturated carbocycles. The molecule has 1 saturated heterocycles. The van der Waals surface area contributed by atoms with Gasteiger partial charge in [-0.2, -0.15) is 0 Å². The standard InChI is InChI=1S/C15H21FN2O/c1-3-18(13-9-7-12(16)8-10-13)15(19)14-6-4-5-11(2)17-14/h7-11,14,17H,3-6H2,1-2H3. The summed E-state index contributed by atoms with van der Waals surface area (Å²) in [5, 5.41) is 3.35. The zero-order chi connectivity index (χ0) is 13.8. The molecule has 1 N–H and O–H groups in total. The summed E-state index contributed by atoms with van der Waals surface area (Å²) in [5.41, 5.74) is 0.758. The highest BCUT2D eigenvalue weighted by molar-refractivity contribution is 5.97. The van der Waals surface area contributed by atoms with Gasteiger partial charge in [-0.15, -0.1) is 0 Å². The molecule has 0 spiro atoms. The molecule has 2 rings (SSSR count). The van der Waals surface area contributed by atoms with Gasteiger partial charge in [0.2, 0.25) is 5.91 Å². The summed E-state index contributed by atoms with van der Waals surface area (Å²) in [6.07, 6.45) is 3.07. The van der Waals surface area contributed by atoms with Crippen molar-refractivity contribution in [1.82, 2.24) is 5.32 Å². The fourth-order valence-corrected chi connectivity index (χ4v) is 2.61. The SMILES string of the molecule is CCN(C(=O)C1CCCC(C)N1)c1ccc(F)cc1. The molecule has 2 unspecified atom stereocenters. The monoisotopic (exact) mass is 264 g/mol. The average Bonchev–Trinajstić information content (AvgIpc) is 2.41. The largest absolute Gasteiger partial charge is 0.311 e. The van der Waals surface area contributed by atoms with Crippen molar-refractivity contribution in [1.29, 1.82) is 0 Å². The van der Waals surface area contributed by atoms with Crippen LogP contribution in [0.15, 0.2) is 24.3 Å². The summed E-state index contributed by atoms with van der Waals surface area (Å²) >= 11 is 0. The maximum atomic E-state index is 12.9. The number of anilines is 1. The zero-order valence-electron chi connectivity index (χ0n) is 11.5. The lowest BCUT2D eigenvalue weighted by atomic mass is 9.98. The van der Waals surface area contributed by atoms with E-state index >= 15 is 0 Å². The van der Waals surface area contributed by atoms with Gasteiger partial charge in [-0.3, -0.25) is 4.79 Å². The molecular formula is C15H21FN2O. The highest BCUT2D eigenvalue weighted by Crippen LogP contribution is 2.19. The van der Waals surface area contributed by atoms with Crippen LogP contribution in [0.1, 0.15) is 33.1 Å². The number of hydrogen-bond acceptors (Lipinski definition) is 2. The van der Waals surface area contributed by atoms with Gasteiger partial charge in [0, 0.05) is 18.3 Å². The first-order chi connectivity index (χ1) is 9.11. The normalized spacial score (nSPS) is 23.1. The van der Waals surface area contributed by atoms with Crippen molar-refractivity contribution in [3.63, 3.8) is 0 Å². The third-order valence-corrected chi connectivity index (χ3v) is 3.63. The second-order valence-electron chi connectivity index (χ2n) is 5.11. The van der Waals surface area contributed by atoms with Gasteiger partial charge >= 0.3 is 0 Å². The molecule has 2 atom stereocenters. The Kier molecular flexibility index (Phi) is 4.53. The first-order valence-electron chi connectivity index (χ1n) is 6.94. The summed E-state index contributed by atoms with van der Waals surface area (Å²) in [4.78, 5) is 14.2. The number of carbonyl (C=O) groups is 1. The molecular weight excluding hydrogens is 243 g/mol. The fourth-order valence-electron chi connectivity index (χ4n) is 2.61. The van der Waals surface area contributed by atoms with Crippen LogP contribution >= 0.6 is 0 Å². The highest BCUT2D eigenvalue weighted by Gasteiger charge is 2.28. The van der Waals surface area contributed by atoms with E-state index in [9.17, 15) is 9.18 Å². The van der Waals surface area contributed by atoms with Crippen molar-refractivity contribution in [3.05, 3.63) is 30.1 Å². The molecule has 0 radical (unpaired) electrons. The number of carbonyl (C=O) groups excluding carboxylic acids is 1. The van der Waals surface area contributed by atoms with Crippen LogP contribution in [0.3, 0.4) is 0 Å². The van der Waals surface area contributed by atoms with Crippen LogP contribution in [0.5, 0.6) is 0 Å². The minimum atomic E-state index is -0.281. The number of halogens is 1. The summed E-state index contributed by atoms with van der Waals surface area (Å²) in [7, 11) is 0. The Bertz CT molecular complexity index is 432. The number of hydrogen-bond donors (Lipinski definition) is 1. The van der Waals surface area contributed by atoms with Crippen LogP contribution in [-0.4, -0.2) is 24.5 Å². The Hall–Kier alpha value is -1.42. The Morgan fingerprint density at radius 2 is 2.05 bits per heavy atom. The van der Waals surface area contributed by atoms with E-state index in [-0.39, 0.29) is 17.8 Å². The molecule has 0 aromatic heterocycles. The van der Waals surface area contributed by atoms with E-state index in [4.69, 9.17) is 0 Å². The molecule has 1 aromatic rings. The summed E-state index contributed by atoms with van der Waals surface area (Å²) in [6, 6.07) is 6.36. The number of amides is 1. The van der Waals surface area contributed by atoms with E-state index in [0.717, 1.165) is 24.9 Å². The van der Waals surface area contributed by atoms with E-state index in [0.29, 0.717) is 12.6 Å². The molecule has 1 aromatic carbocycles. The quantitative estimate of drug-likeness (QED) is 0.910. The zero-order valence-corrected chi connectivity index (χ0v) is 11.5. The van der Waals surface area contributed by atoms with Crippen molar-refractivity contribution < 1.29 is 9.18 Å². The Morgan fingerprint density at radius 3 is 2.63 bits per heavy atom. The average molecular weight is 264 g/mol. The van der Waals surface area contributed by atoms with E-state index in [1.807, 2.05) is 6.92 Å². The second-order valence-corrected chi connectivity index (χ2v) is 5.11. The Morgan fingerprint density at radius 1 is 1.37 bits per heavy atom. The predicted octanol–water partition coefficient (Wildman–Crippen LogP) is 2.71. The maximum Gasteiger partial charge on any atom is 0.244 e. The third-order valence-electron chi connectivity index (χ3n) is 3.63. The van der Waals surface area contributed by atoms with Gasteiger partial charge in [0.1, 0.15) is 5.82 Å². The van der Waals surface area contributed by atoms with Gasteiger partial charge in [0.15, 0.2) is 0 Å². The van der Waals surface area contributed by atoms with Gasteiger partial charge in [-0.25, -0.2) is 4.39 Å². The maximum absolute atomic E-state index is 12.9. The lowest BCUT2D eigenvalue weighted by molar-refractivity contribution is -0.121. The number of likely N-dealkylation sites (N-methyl/N-ethyl adjacent to an activating group) is 1. The van der Waals surface area contributed by atoms with Crippen LogP contribution in [-0.2, 0) is 4.79 Å². The van der Waals surface area contributed by atoms with E-state index in [1.54, 1.807) is 17.0 Å². The number of benzene rings is 1. The molecule has 0 bridgehead atoms. The van der Waals surface area contributed by atoms with Gasteiger partial charge in [-0.1, -0.05) is 0 Å². The van der Waals surface area contributed by atoms with Gasteiger partial charge < -0.3 is 10.2 Å². The van der Waals surface area contributed by atoms with E-state index in [2.05, 4.69) is 12.2 Å². The van der Waals surface area contributed by atoms with Crippen LogP contribution in [0.2, 0.25) is 0 Å². The Balaban J connectivity index is 2.12. The summed E-state index contributed by atoms with van der Waals surface area (Å²) in [6.45, 7) is 4.64. The molecule has 1 aliphatic rings. The number of rotatable bonds is 3. The predicted molar refractivity (Wildman–Crippen MR) is 74.7 cm³/mol. The molecule has 0 aliphatic carbocycles. The van der Waals surface area contributed by atoms with Crippen LogP contribution in [0.4, 0.5) is 10.1 Å². The molecule has 4 heteroatoms. The highest BCUT2D eigenvalue weighted by atomic mass is 19.1. The molecule has 1 fully saturated rings. The van der Waals surface area contributed by atoms with Crippen LogP contribution < -0.4 is 10.2 Å². The molecule has 1 heterocycles. The van der Waals surface area contributed by atoms with Crippen molar-refractivity contribution in [2.75, 3.05) is 11.4 Å². The minimum absolute atomic E-state index is 0.0839. The molecule has 104 valence electrons. The molecule has 3 nitrogen and oxygen atoms in total. The minimum Gasteiger partial charge on any atom is -0.311 e. The van der Waals surface area contributed by atoms with Gasteiger partial charge in [0.05, 0.1) is 6.04 Å². The molecule has 1 aliphatic heterocycles. The number of nitrogens with zero attached hydrogens (tertiary/aromatic N) is 1. The van der Waals surface area contributed by atoms with Crippen molar-refractivity contribution in [2.45, 2.75) is 45.2 Å². The lowest BCUT2D eigenvalue weighted by Gasteiger charge is -2.32. The first-order valence-corrected chi connectivity index (χ1v) is 6.94. The third kappa shape index (κ3) is 3.32. The Labute approximate surface area is 113 Å².